The van der Waals surface area contributed by atoms with Gasteiger partial charge in [-0.3, -0.25) is 4.79 Å². The number of hydrogen-bond acceptors (Lipinski definition) is 3. The number of carbonyl (C=O) groups is 1. The third kappa shape index (κ3) is 3.95. The summed E-state index contributed by atoms with van der Waals surface area (Å²) in [5, 5.41) is 8.48. The summed E-state index contributed by atoms with van der Waals surface area (Å²) >= 11 is 0. The quantitative estimate of drug-likeness (QED) is 0.464. The van der Waals surface area contributed by atoms with Crippen molar-refractivity contribution in [3.05, 3.63) is 0 Å². The second-order valence-corrected chi connectivity index (χ2v) is 2.32. The average Bonchev–Trinajstić information content (AvgIpc) is 2.03. The molecule has 3 N–H and O–H groups in total. The molecule has 0 heterocycles. The minimum atomic E-state index is -0.0663. The van der Waals surface area contributed by atoms with Crippen LogP contribution in [0.3, 0.4) is 0 Å². The summed E-state index contributed by atoms with van der Waals surface area (Å²) in [4.78, 5) is 11.2. The Bertz CT molecular complexity index is 112. The molecular formula is C7H17N3O. The van der Waals surface area contributed by atoms with Gasteiger partial charge in [-0.15, -0.1) is 0 Å². The fourth-order valence-electron chi connectivity index (χ4n) is 0.819. The van der Waals surface area contributed by atoms with Gasteiger partial charge in [0, 0.05) is 0 Å². The van der Waals surface area contributed by atoms with Crippen molar-refractivity contribution in [1.29, 1.82) is 0 Å². The highest BCUT2D eigenvalue weighted by atomic mass is 16.2. The van der Waals surface area contributed by atoms with Gasteiger partial charge < -0.3 is 16.0 Å². The summed E-state index contributed by atoms with van der Waals surface area (Å²) in [6, 6.07) is -0.0663. The van der Waals surface area contributed by atoms with Crippen molar-refractivity contribution in [3.8, 4) is 0 Å². The van der Waals surface area contributed by atoms with E-state index in [2.05, 4.69) is 16.0 Å². The first-order valence-corrected chi connectivity index (χ1v) is 3.85. The van der Waals surface area contributed by atoms with E-state index < -0.39 is 0 Å². The van der Waals surface area contributed by atoms with Gasteiger partial charge in [0.05, 0.1) is 12.7 Å². The Morgan fingerprint density at radius 3 is 2.45 bits per heavy atom. The molecular weight excluding hydrogens is 142 g/mol. The van der Waals surface area contributed by atoms with Crippen LogP contribution in [0.4, 0.5) is 0 Å². The Labute approximate surface area is 67.7 Å². The van der Waals surface area contributed by atoms with Crippen molar-refractivity contribution >= 4 is 5.91 Å². The number of amides is 1. The van der Waals surface area contributed by atoms with Gasteiger partial charge in [-0.1, -0.05) is 6.92 Å². The maximum Gasteiger partial charge on any atom is 0.238 e. The first-order valence-electron chi connectivity index (χ1n) is 3.85. The zero-order chi connectivity index (χ0) is 8.69. The van der Waals surface area contributed by atoms with Crippen LogP contribution in [0.2, 0.25) is 0 Å². The van der Waals surface area contributed by atoms with E-state index in [1.54, 1.807) is 14.1 Å². The zero-order valence-electron chi connectivity index (χ0n) is 7.40. The van der Waals surface area contributed by atoms with Crippen LogP contribution in [0.1, 0.15) is 13.3 Å². The molecule has 4 heteroatoms. The topological polar surface area (TPSA) is 53.2 Å². The van der Waals surface area contributed by atoms with Gasteiger partial charge in [0.2, 0.25) is 5.91 Å². The van der Waals surface area contributed by atoms with Gasteiger partial charge in [-0.2, -0.15) is 0 Å². The van der Waals surface area contributed by atoms with Crippen molar-refractivity contribution < 1.29 is 4.79 Å². The summed E-state index contributed by atoms with van der Waals surface area (Å²) in [5.74, 6) is 0.0457. The highest BCUT2D eigenvalue weighted by molar-refractivity contribution is 5.81. The second kappa shape index (κ2) is 6.12. The van der Waals surface area contributed by atoms with E-state index in [1.165, 1.54) is 0 Å². The molecule has 0 bridgehead atoms. The van der Waals surface area contributed by atoms with Gasteiger partial charge >= 0.3 is 0 Å². The van der Waals surface area contributed by atoms with Gasteiger partial charge in [0.25, 0.3) is 0 Å². The van der Waals surface area contributed by atoms with Crippen molar-refractivity contribution in [2.45, 2.75) is 19.4 Å². The number of rotatable bonds is 5. The van der Waals surface area contributed by atoms with Gasteiger partial charge in [-0.25, -0.2) is 0 Å². The van der Waals surface area contributed by atoms with E-state index >= 15 is 0 Å². The van der Waals surface area contributed by atoms with Gasteiger partial charge in [0.15, 0.2) is 0 Å². The van der Waals surface area contributed by atoms with E-state index in [1.807, 2.05) is 6.92 Å². The normalized spacial score (nSPS) is 12.6. The number of likely N-dealkylation sites (N-methyl/N-ethyl adjacent to an activating group) is 1. The molecule has 0 aliphatic heterocycles. The first kappa shape index (κ1) is 10.4. The lowest BCUT2D eigenvalue weighted by Crippen LogP contribution is -2.44. The largest absolute Gasteiger partial charge is 0.342 e. The Morgan fingerprint density at radius 2 is 2.09 bits per heavy atom. The van der Waals surface area contributed by atoms with Crippen molar-refractivity contribution in [2.75, 3.05) is 20.8 Å². The number of hydrogen-bond donors (Lipinski definition) is 3. The van der Waals surface area contributed by atoms with E-state index in [4.69, 9.17) is 0 Å². The van der Waals surface area contributed by atoms with Crippen LogP contribution in [-0.2, 0) is 4.79 Å². The predicted molar refractivity (Wildman–Crippen MR) is 45.2 cm³/mol. The summed E-state index contributed by atoms with van der Waals surface area (Å²) in [7, 11) is 3.58. The molecule has 66 valence electrons. The fourth-order valence-corrected chi connectivity index (χ4v) is 0.819. The van der Waals surface area contributed by atoms with E-state index in [9.17, 15) is 4.79 Å². The molecule has 0 aliphatic carbocycles. The monoisotopic (exact) mass is 159 g/mol. The maximum atomic E-state index is 11.2. The SMILES string of the molecule is CCC(NC)C(=O)NCNC. The molecule has 0 saturated carbocycles. The molecule has 4 nitrogen and oxygen atoms in total. The van der Waals surface area contributed by atoms with Gasteiger partial charge in [0.1, 0.15) is 0 Å². The molecule has 0 rings (SSSR count). The predicted octanol–water partition coefficient (Wildman–Crippen LogP) is -0.722. The molecule has 1 amide bonds. The fraction of sp³-hybridized carbons (Fsp3) is 0.857. The number of carbonyl (C=O) groups excluding carboxylic acids is 1. The van der Waals surface area contributed by atoms with Crippen LogP contribution in [0, 0.1) is 0 Å². The smallest absolute Gasteiger partial charge is 0.238 e. The lowest BCUT2D eigenvalue weighted by Gasteiger charge is -2.12. The van der Waals surface area contributed by atoms with E-state index in [0.29, 0.717) is 6.67 Å². The molecule has 1 atom stereocenters. The maximum absolute atomic E-state index is 11.2. The lowest BCUT2D eigenvalue weighted by atomic mass is 10.2. The first-order chi connectivity index (χ1) is 5.26. The van der Waals surface area contributed by atoms with Crippen molar-refractivity contribution in [1.82, 2.24) is 16.0 Å². The molecule has 0 saturated heterocycles. The molecule has 0 fully saturated rings. The molecule has 11 heavy (non-hydrogen) atoms. The van der Waals surface area contributed by atoms with Crippen LogP contribution < -0.4 is 16.0 Å². The van der Waals surface area contributed by atoms with Crippen LogP contribution in [0.5, 0.6) is 0 Å². The van der Waals surface area contributed by atoms with Crippen LogP contribution in [-0.4, -0.2) is 32.7 Å². The lowest BCUT2D eigenvalue weighted by molar-refractivity contribution is -0.123. The molecule has 1 unspecified atom stereocenters. The molecule has 0 aromatic heterocycles. The summed E-state index contributed by atoms with van der Waals surface area (Å²) in [5.41, 5.74) is 0. The average molecular weight is 159 g/mol. The second-order valence-electron chi connectivity index (χ2n) is 2.32. The molecule has 0 aromatic carbocycles. The Hall–Kier alpha value is -0.610. The van der Waals surface area contributed by atoms with Crippen molar-refractivity contribution in [3.63, 3.8) is 0 Å². The molecule has 0 aliphatic rings. The highest BCUT2D eigenvalue weighted by Gasteiger charge is 2.11. The minimum absolute atomic E-state index is 0.0457. The van der Waals surface area contributed by atoms with Crippen LogP contribution in [0.25, 0.3) is 0 Å². The number of nitrogens with one attached hydrogen (secondary N) is 3. The van der Waals surface area contributed by atoms with Gasteiger partial charge in [-0.05, 0) is 20.5 Å². The van der Waals surface area contributed by atoms with Crippen LogP contribution in [0.15, 0.2) is 0 Å². The third-order valence-electron chi connectivity index (χ3n) is 1.51. The summed E-state index contributed by atoms with van der Waals surface area (Å²) in [6.07, 6.45) is 0.812. The van der Waals surface area contributed by atoms with E-state index in [0.717, 1.165) is 6.42 Å². The molecule has 0 radical (unpaired) electrons. The van der Waals surface area contributed by atoms with E-state index in [-0.39, 0.29) is 11.9 Å². The molecule has 0 aromatic rings. The zero-order valence-corrected chi connectivity index (χ0v) is 7.40. The minimum Gasteiger partial charge on any atom is -0.342 e. The highest BCUT2D eigenvalue weighted by Crippen LogP contribution is 1.87. The standard InChI is InChI=1S/C7H17N3O/c1-4-6(9-3)7(11)10-5-8-2/h6,8-9H,4-5H2,1-3H3,(H,10,11). The molecule has 0 spiro atoms. The van der Waals surface area contributed by atoms with Crippen LogP contribution >= 0.6 is 0 Å². The Kier molecular flexibility index (Phi) is 5.78. The third-order valence-corrected chi connectivity index (χ3v) is 1.51. The summed E-state index contributed by atoms with van der Waals surface area (Å²) < 4.78 is 0. The summed E-state index contributed by atoms with van der Waals surface area (Å²) in [6.45, 7) is 2.50. The Balaban J connectivity index is 3.61. The Morgan fingerprint density at radius 1 is 1.45 bits per heavy atom. The van der Waals surface area contributed by atoms with Crippen molar-refractivity contribution in [2.24, 2.45) is 0 Å².